The predicted molar refractivity (Wildman–Crippen MR) is 110 cm³/mol. The van der Waals surface area contributed by atoms with Gasteiger partial charge in [0.25, 0.3) is 5.91 Å². The van der Waals surface area contributed by atoms with E-state index in [9.17, 15) is 18.0 Å². The maximum absolute atomic E-state index is 12.3. The second kappa shape index (κ2) is 8.75. The Morgan fingerprint density at radius 1 is 0.966 bits per heavy atom. The van der Waals surface area contributed by atoms with E-state index in [2.05, 4.69) is 23.0 Å². The first-order valence-electron chi connectivity index (χ1n) is 9.50. The predicted octanol–water partition coefficient (Wildman–Crippen LogP) is 1.82. The van der Waals surface area contributed by atoms with E-state index in [-0.39, 0.29) is 22.8 Å². The lowest BCUT2D eigenvalue weighted by Gasteiger charge is -2.16. The Labute approximate surface area is 171 Å². The maximum Gasteiger partial charge on any atom is 0.269 e. The monoisotopic (exact) mass is 415 g/mol. The van der Waals surface area contributed by atoms with E-state index >= 15 is 0 Å². The van der Waals surface area contributed by atoms with Gasteiger partial charge >= 0.3 is 0 Å². The number of carbonyl (C=O) groups excluding carboxylic acids is 2. The van der Waals surface area contributed by atoms with E-state index in [1.807, 2.05) is 6.07 Å². The number of benzene rings is 2. The number of sulfonamides is 1. The van der Waals surface area contributed by atoms with Crippen molar-refractivity contribution in [3.8, 4) is 0 Å². The van der Waals surface area contributed by atoms with Gasteiger partial charge in [-0.05, 0) is 60.6 Å². The largest absolute Gasteiger partial charge is 0.273 e. The van der Waals surface area contributed by atoms with Crippen LogP contribution in [0.15, 0.2) is 47.4 Å². The molecule has 0 radical (unpaired) electrons. The van der Waals surface area contributed by atoms with Crippen LogP contribution in [-0.2, 0) is 34.1 Å². The van der Waals surface area contributed by atoms with E-state index in [4.69, 9.17) is 0 Å². The molecule has 2 amide bonds. The van der Waals surface area contributed by atoms with Crippen LogP contribution in [0.1, 0.15) is 39.9 Å². The van der Waals surface area contributed by atoms with Crippen molar-refractivity contribution in [2.24, 2.45) is 0 Å². The second-order valence-electron chi connectivity index (χ2n) is 7.30. The maximum atomic E-state index is 12.3. The summed E-state index contributed by atoms with van der Waals surface area (Å²) in [7, 11) is -0.807. The number of nitrogens with one attached hydrogen (secondary N) is 2. The highest BCUT2D eigenvalue weighted by atomic mass is 32.2. The fraction of sp³-hybridized carbons (Fsp3) is 0.333. The molecular weight excluding hydrogens is 390 g/mol. The Morgan fingerprint density at radius 2 is 1.69 bits per heavy atom. The number of hydrogen-bond donors (Lipinski definition) is 2. The Balaban J connectivity index is 1.60. The van der Waals surface area contributed by atoms with Crippen LogP contribution in [0.3, 0.4) is 0 Å². The van der Waals surface area contributed by atoms with E-state index in [1.165, 1.54) is 62.3 Å². The number of hydrogen-bond acceptors (Lipinski definition) is 4. The second-order valence-corrected chi connectivity index (χ2v) is 9.46. The summed E-state index contributed by atoms with van der Waals surface area (Å²) in [6, 6.07) is 11.7. The molecule has 0 saturated heterocycles. The summed E-state index contributed by atoms with van der Waals surface area (Å²) >= 11 is 0. The fourth-order valence-electron chi connectivity index (χ4n) is 3.33. The van der Waals surface area contributed by atoms with Crippen molar-refractivity contribution in [2.75, 3.05) is 14.1 Å². The lowest BCUT2D eigenvalue weighted by atomic mass is 9.90. The minimum absolute atomic E-state index is 0.00976. The number of fused-ring (bicyclic) bond motifs is 1. The molecule has 29 heavy (non-hydrogen) atoms. The Hall–Kier alpha value is -2.71. The summed E-state index contributed by atoms with van der Waals surface area (Å²) in [5.74, 6) is -0.925. The van der Waals surface area contributed by atoms with Gasteiger partial charge in [0.15, 0.2) is 0 Å². The molecule has 0 bridgehead atoms. The lowest BCUT2D eigenvalue weighted by Crippen LogP contribution is -2.42. The minimum atomic E-state index is -3.65. The number of carbonyl (C=O) groups is 2. The molecule has 0 saturated carbocycles. The summed E-state index contributed by atoms with van der Waals surface area (Å²) in [4.78, 5) is 24.5. The molecular formula is C21H25N3O4S. The van der Waals surface area contributed by atoms with Crippen molar-refractivity contribution < 1.29 is 18.0 Å². The summed E-state index contributed by atoms with van der Waals surface area (Å²) in [6.07, 6.45) is 4.65. The highest BCUT2D eigenvalue weighted by molar-refractivity contribution is 7.89. The van der Waals surface area contributed by atoms with Gasteiger partial charge in [0.1, 0.15) is 0 Å². The summed E-state index contributed by atoms with van der Waals surface area (Å²) in [5.41, 5.74) is 8.42. The Bertz CT molecular complexity index is 1030. The minimum Gasteiger partial charge on any atom is -0.273 e. The van der Waals surface area contributed by atoms with Gasteiger partial charge in [-0.25, -0.2) is 12.7 Å². The molecule has 8 heteroatoms. The number of hydrazine groups is 1. The summed E-state index contributed by atoms with van der Waals surface area (Å²) in [6.45, 7) is 0. The van der Waals surface area contributed by atoms with E-state index < -0.39 is 15.9 Å². The van der Waals surface area contributed by atoms with Gasteiger partial charge in [0.2, 0.25) is 15.9 Å². The van der Waals surface area contributed by atoms with Crippen molar-refractivity contribution in [1.82, 2.24) is 15.2 Å². The first kappa shape index (κ1) is 21.0. The Morgan fingerprint density at radius 3 is 2.41 bits per heavy atom. The number of aryl methyl sites for hydroxylation is 2. The highest BCUT2D eigenvalue weighted by Gasteiger charge is 2.19. The molecule has 154 valence electrons. The van der Waals surface area contributed by atoms with Crippen LogP contribution in [0.2, 0.25) is 0 Å². The molecule has 1 aliphatic carbocycles. The van der Waals surface area contributed by atoms with Gasteiger partial charge in [0, 0.05) is 19.7 Å². The third-order valence-corrected chi connectivity index (χ3v) is 6.78. The molecule has 2 aromatic carbocycles. The third kappa shape index (κ3) is 5.02. The first-order chi connectivity index (χ1) is 13.8. The average Bonchev–Trinajstić information content (AvgIpc) is 2.72. The number of nitrogens with zero attached hydrogens (tertiary/aromatic N) is 1. The van der Waals surface area contributed by atoms with Crippen LogP contribution in [-0.4, -0.2) is 38.6 Å². The lowest BCUT2D eigenvalue weighted by molar-refractivity contribution is -0.121. The van der Waals surface area contributed by atoms with Gasteiger partial charge in [-0.1, -0.05) is 24.3 Å². The van der Waals surface area contributed by atoms with Crippen LogP contribution in [0.25, 0.3) is 0 Å². The van der Waals surface area contributed by atoms with Crippen molar-refractivity contribution in [3.63, 3.8) is 0 Å². The van der Waals surface area contributed by atoms with Crippen LogP contribution >= 0.6 is 0 Å². The Kier molecular flexibility index (Phi) is 6.34. The molecule has 7 nitrogen and oxygen atoms in total. The van der Waals surface area contributed by atoms with E-state index in [1.54, 1.807) is 0 Å². The standard InChI is InChI=1S/C21H25N3O4S/c1-24(2)29(27,28)19-9-5-8-18(14-19)21(26)23-22-20(25)13-15-10-11-16-6-3-4-7-17(16)12-15/h5,8-12,14H,3-4,6-7,13H2,1-2H3,(H,22,25)(H,23,26). The van der Waals surface area contributed by atoms with Crippen LogP contribution < -0.4 is 10.9 Å². The fourth-order valence-corrected chi connectivity index (χ4v) is 4.28. The van der Waals surface area contributed by atoms with Gasteiger partial charge in [-0.3, -0.25) is 20.4 Å². The quantitative estimate of drug-likeness (QED) is 0.728. The molecule has 0 aromatic heterocycles. The van der Waals surface area contributed by atoms with Crippen molar-refractivity contribution in [1.29, 1.82) is 0 Å². The molecule has 0 fully saturated rings. The third-order valence-electron chi connectivity index (χ3n) is 4.97. The van der Waals surface area contributed by atoms with Crippen molar-refractivity contribution >= 4 is 21.8 Å². The molecule has 3 rings (SSSR count). The number of rotatable bonds is 5. The molecule has 0 aliphatic heterocycles. The van der Waals surface area contributed by atoms with E-state index in [0.29, 0.717) is 0 Å². The van der Waals surface area contributed by atoms with Gasteiger partial charge in [-0.2, -0.15) is 0 Å². The van der Waals surface area contributed by atoms with Gasteiger partial charge in [-0.15, -0.1) is 0 Å². The molecule has 1 aliphatic rings. The average molecular weight is 416 g/mol. The zero-order valence-corrected chi connectivity index (χ0v) is 17.4. The molecule has 0 heterocycles. The van der Waals surface area contributed by atoms with Crippen LogP contribution in [0, 0.1) is 0 Å². The first-order valence-corrected chi connectivity index (χ1v) is 10.9. The zero-order chi connectivity index (χ0) is 21.0. The number of amides is 2. The van der Waals surface area contributed by atoms with Gasteiger partial charge < -0.3 is 0 Å². The molecule has 0 spiro atoms. The normalized spacial score (nSPS) is 13.6. The van der Waals surface area contributed by atoms with Crippen molar-refractivity contribution in [2.45, 2.75) is 37.0 Å². The molecule has 2 N–H and O–H groups in total. The molecule has 0 atom stereocenters. The summed E-state index contributed by atoms with van der Waals surface area (Å²) < 4.78 is 25.5. The SMILES string of the molecule is CN(C)S(=O)(=O)c1cccc(C(=O)NNC(=O)Cc2ccc3c(c2)CCCC3)c1. The molecule has 0 unspecified atom stereocenters. The topological polar surface area (TPSA) is 95.6 Å². The zero-order valence-electron chi connectivity index (χ0n) is 16.6. The van der Waals surface area contributed by atoms with Crippen molar-refractivity contribution in [3.05, 3.63) is 64.7 Å². The summed E-state index contributed by atoms with van der Waals surface area (Å²) in [5, 5.41) is 0. The smallest absolute Gasteiger partial charge is 0.269 e. The van der Waals surface area contributed by atoms with E-state index in [0.717, 1.165) is 22.7 Å². The van der Waals surface area contributed by atoms with Crippen LogP contribution in [0.5, 0.6) is 0 Å². The highest BCUT2D eigenvalue weighted by Crippen LogP contribution is 2.22. The van der Waals surface area contributed by atoms with Gasteiger partial charge in [0.05, 0.1) is 11.3 Å². The van der Waals surface area contributed by atoms with Crippen LogP contribution in [0.4, 0.5) is 0 Å². The molecule has 2 aromatic rings.